The van der Waals surface area contributed by atoms with E-state index in [9.17, 15) is 13.2 Å². The van der Waals surface area contributed by atoms with Gasteiger partial charge in [0.2, 0.25) is 10.0 Å². The normalized spacial score (nSPS) is 11.4. The van der Waals surface area contributed by atoms with E-state index in [2.05, 4.69) is 16.1 Å². The highest BCUT2D eigenvalue weighted by Crippen LogP contribution is 2.20. The lowest BCUT2D eigenvalue weighted by Gasteiger charge is -2.13. The van der Waals surface area contributed by atoms with Gasteiger partial charge < -0.3 is 5.11 Å². The van der Waals surface area contributed by atoms with Crippen LogP contribution in [0.3, 0.4) is 0 Å². The molecular weight excluding hydrogens is 246 g/mol. The van der Waals surface area contributed by atoms with E-state index in [1.165, 1.54) is 14.0 Å². The highest BCUT2D eigenvalue weighted by molar-refractivity contribution is 7.89. The molecule has 0 amide bonds. The maximum absolute atomic E-state index is 12.0. The molecule has 0 bridgehead atoms. The number of nitrogens with one attached hydrogen (secondary N) is 1. The highest BCUT2D eigenvalue weighted by atomic mass is 32.2. The Hall–Kier alpha value is -1.85. The Morgan fingerprint density at radius 1 is 1.65 bits per heavy atom. The molecule has 0 aromatic carbocycles. The van der Waals surface area contributed by atoms with Gasteiger partial charge in [0.25, 0.3) is 0 Å². The van der Waals surface area contributed by atoms with Crippen molar-refractivity contribution >= 4 is 16.0 Å². The van der Waals surface area contributed by atoms with Crippen molar-refractivity contribution in [2.75, 3.05) is 13.6 Å². The third kappa shape index (κ3) is 2.30. The second kappa shape index (κ2) is 4.57. The number of hydrogen-bond acceptors (Lipinski definition) is 4. The number of carboxylic acid groups (broad SMARTS) is 1. The van der Waals surface area contributed by atoms with Gasteiger partial charge in [-0.2, -0.15) is 9.40 Å². The van der Waals surface area contributed by atoms with Crippen molar-refractivity contribution in [2.45, 2.75) is 11.8 Å². The quantitative estimate of drug-likeness (QED) is 0.719. The zero-order valence-corrected chi connectivity index (χ0v) is 10.1. The van der Waals surface area contributed by atoms with E-state index in [-0.39, 0.29) is 17.1 Å². The van der Waals surface area contributed by atoms with Crippen LogP contribution in [0.15, 0.2) is 4.90 Å². The smallest absolute Gasteiger partial charge is 0.357 e. The van der Waals surface area contributed by atoms with Gasteiger partial charge in [-0.3, -0.25) is 5.10 Å². The summed E-state index contributed by atoms with van der Waals surface area (Å²) >= 11 is 0. The van der Waals surface area contributed by atoms with Crippen molar-refractivity contribution < 1.29 is 18.3 Å². The van der Waals surface area contributed by atoms with E-state index >= 15 is 0 Å². The Bertz CT molecular complexity index is 582. The average molecular weight is 257 g/mol. The topological polar surface area (TPSA) is 103 Å². The van der Waals surface area contributed by atoms with E-state index in [1.807, 2.05) is 0 Å². The first-order valence-electron chi connectivity index (χ1n) is 4.50. The van der Waals surface area contributed by atoms with Crippen LogP contribution in [0, 0.1) is 19.3 Å². The van der Waals surface area contributed by atoms with Crippen molar-refractivity contribution in [3.63, 3.8) is 0 Å². The zero-order chi connectivity index (χ0) is 13.2. The zero-order valence-electron chi connectivity index (χ0n) is 9.26. The van der Waals surface area contributed by atoms with Gasteiger partial charge in [0, 0.05) is 7.05 Å². The van der Waals surface area contributed by atoms with Crippen LogP contribution in [0.1, 0.15) is 16.2 Å². The summed E-state index contributed by atoms with van der Waals surface area (Å²) in [6.45, 7) is 1.28. The van der Waals surface area contributed by atoms with Crippen molar-refractivity contribution in [1.29, 1.82) is 0 Å². The number of nitrogens with zero attached hydrogens (tertiary/aromatic N) is 2. The average Bonchev–Trinajstić information content (AvgIpc) is 2.61. The number of carboxylic acids is 1. The molecule has 0 saturated carbocycles. The molecule has 1 heterocycles. The molecule has 7 nitrogen and oxygen atoms in total. The summed E-state index contributed by atoms with van der Waals surface area (Å²) in [5.41, 5.74) is -0.377. The van der Waals surface area contributed by atoms with Crippen LogP contribution in [0.5, 0.6) is 0 Å². The maximum Gasteiger partial charge on any atom is 0.357 e. The second-order valence-electron chi connectivity index (χ2n) is 3.30. The largest absolute Gasteiger partial charge is 0.476 e. The SMILES string of the molecule is C#CCN(C)S(=O)(=O)c1c(C(=O)O)n[nH]c1C. The molecule has 17 heavy (non-hydrogen) atoms. The Kier molecular flexibility index (Phi) is 3.55. The van der Waals surface area contributed by atoms with Crippen LogP contribution < -0.4 is 0 Å². The summed E-state index contributed by atoms with van der Waals surface area (Å²) in [7, 11) is -2.68. The summed E-state index contributed by atoms with van der Waals surface area (Å²) in [5.74, 6) is 0.758. The van der Waals surface area contributed by atoms with E-state index in [0.29, 0.717) is 0 Å². The number of H-pyrrole nitrogens is 1. The Balaban J connectivity index is 3.39. The van der Waals surface area contributed by atoms with E-state index in [0.717, 1.165) is 4.31 Å². The molecule has 92 valence electrons. The lowest BCUT2D eigenvalue weighted by molar-refractivity contribution is 0.0686. The highest BCUT2D eigenvalue weighted by Gasteiger charge is 2.31. The summed E-state index contributed by atoms with van der Waals surface area (Å²) in [6, 6.07) is 0. The predicted octanol–water partition coefficient (Wildman–Crippen LogP) is -0.330. The predicted molar refractivity (Wildman–Crippen MR) is 58.9 cm³/mol. The third-order valence-corrected chi connectivity index (χ3v) is 4.04. The van der Waals surface area contributed by atoms with Crippen LogP contribution in [-0.4, -0.2) is 47.6 Å². The fraction of sp³-hybridized carbons (Fsp3) is 0.333. The first-order chi connectivity index (χ1) is 7.82. The van der Waals surface area contributed by atoms with Crippen LogP contribution in [0.2, 0.25) is 0 Å². The Morgan fingerprint density at radius 2 is 2.24 bits per heavy atom. The summed E-state index contributed by atoms with van der Waals surface area (Å²) in [5, 5.41) is 14.6. The molecule has 0 radical (unpaired) electrons. The van der Waals surface area contributed by atoms with E-state index < -0.39 is 21.7 Å². The fourth-order valence-electron chi connectivity index (χ4n) is 1.25. The van der Waals surface area contributed by atoms with Crippen molar-refractivity contribution in [3.8, 4) is 12.3 Å². The van der Waals surface area contributed by atoms with Crippen molar-refractivity contribution in [2.24, 2.45) is 0 Å². The number of rotatable bonds is 4. The van der Waals surface area contributed by atoms with Crippen molar-refractivity contribution in [1.82, 2.24) is 14.5 Å². The minimum absolute atomic E-state index is 0.147. The first-order valence-corrected chi connectivity index (χ1v) is 5.94. The van der Waals surface area contributed by atoms with Gasteiger partial charge >= 0.3 is 5.97 Å². The molecule has 1 rings (SSSR count). The molecule has 0 fully saturated rings. The van der Waals surface area contributed by atoms with Crippen LogP contribution in [0.4, 0.5) is 0 Å². The lowest BCUT2D eigenvalue weighted by Crippen LogP contribution is -2.28. The van der Waals surface area contributed by atoms with Gasteiger partial charge in [0.15, 0.2) is 5.69 Å². The van der Waals surface area contributed by atoms with Gasteiger partial charge in [-0.1, -0.05) is 5.92 Å². The molecule has 1 aromatic heterocycles. The Morgan fingerprint density at radius 3 is 2.71 bits per heavy atom. The van der Waals surface area contributed by atoms with Gasteiger partial charge in [0.1, 0.15) is 4.90 Å². The van der Waals surface area contributed by atoms with E-state index in [4.69, 9.17) is 11.5 Å². The monoisotopic (exact) mass is 257 g/mol. The molecule has 2 N–H and O–H groups in total. The molecule has 0 aliphatic rings. The molecule has 0 spiro atoms. The minimum atomic E-state index is -3.95. The van der Waals surface area contributed by atoms with Gasteiger partial charge in [-0.05, 0) is 6.92 Å². The molecule has 1 aromatic rings. The third-order valence-electron chi connectivity index (χ3n) is 2.08. The molecular formula is C9H11N3O4S. The van der Waals surface area contributed by atoms with Crippen LogP contribution >= 0.6 is 0 Å². The molecule has 0 saturated heterocycles. The minimum Gasteiger partial charge on any atom is -0.476 e. The first kappa shape index (κ1) is 13.2. The standard InChI is InChI=1S/C9H11N3O4S/c1-4-5-12(3)17(15,16)8-6(2)10-11-7(8)9(13)14/h1H,5H2,2-3H3,(H,10,11)(H,13,14). The number of aromatic carboxylic acids is 1. The number of aromatic nitrogens is 2. The summed E-state index contributed by atoms with van der Waals surface area (Å²) < 4.78 is 25.0. The van der Waals surface area contributed by atoms with E-state index in [1.54, 1.807) is 0 Å². The van der Waals surface area contributed by atoms with Crippen LogP contribution in [-0.2, 0) is 10.0 Å². The second-order valence-corrected chi connectivity index (χ2v) is 5.28. The Labute approximate surface area is 98.5 Å². The summed E-state index contributed by atoms with van der Waals surface area (Å²) in [6.07, 6.45) is 5.02. The molecule has 8 heteroatoms. The molecule has 0 aliphatic heterocycles. The maximum atomic E-state index is 12.0. The number of sulfonamides is 1. The lowest BCUT2D eigenvalue weighted by atomic mass is 10.4. The van der Waals surface area contributed by atoms with Crippen LogP contribution in [0.25, 0.3) is 0 Å². The summed E-state index contributed by atoms with van der Waals surface area (Å²) in [4.78, 5) is 10.5. The number of aromatic amines is 1. The van der Waals surface area contributed by atoms with Gasteiger partial charge in [-0.15, -0.1) is 6.42 Å². The number of aryl methyl sites for hydroxylation is 1. The molecule has 0 aliphatic carbocycles. The van der Waals surface area contributed by atoms with Gasteiger partial charge in [-0.25, -0.2) is 13.2 Å². The number of hydrogen-bond donors (Lipinski definition) is 2. The molecule has 0 unspecified atom stereocenters. The fourth-order valence-corrected chi connectivity index (χ4v) is 2.61. The molecule has 0 atom stereocenters. The number of terminal acetylenes is 1. The van der Waals surface area contributed by atoms with Crippen molar-refractivity contribution in [3.05, 3.63) is 11.4 Å². The number of carbonyl (C=O) groups is 1. The van der Waals surface area contributed by atoms with Gasteiger partial charge in [0.05, 0.1) is 12.2 Å².